The number of carbonyl (C=O) groups excluding carboxylic acids is 4. The molecule has 0 radical (unpaired) electrons. The van der Waals surface area contributed by atoms with Crippen LogP contribution in [0.1, 0.15) is 77.6 Å². The molecular formula is C45H49F12N9O5. The molecule has 2 aromatic heterocycles. The van der Waals surface area contributed by atoms with E-state index in [1.807, 2.05) is 0 Å². The maximum absolute atomic E-state index is 16.0. The first-order valence-corrected chi connectivity index (χ1v) is 21.9. The average molecular weight is 1020 g/mol. The summed E-state index contributed by atoms with van der Waals surface area (Å²) >= 11 is 0. The fourth-order valence-corrected chi connectivity index (χ4v) is 8.24. The fraction of sp³-hybridized carbons (Fsp3) is 0.511. The van der Waals surface area contributed by atoms with Crippen molar-refractivity contribution in [3.63, 3.8) is 0 Å². The monoisotopic (exact) mass is 1020 g/mol. The molecule has 2 aliphatic rings. The van der Waals surface area contributed by atoms with E-state index in [9.17, 15) is 68.2 Å². The number of benzene rings is 2. The van der Waals surface area contributed by atoms with E-state index in [2.05, 4.69) is 26.3 Å². The van der Waals surface area contributed by atoms with Crippen LogP contribution in [0.5, 0.6) is 0 Å². The number of hydrazine groups is 1. The summed E-state index contributed by atoms with van der Waals surface area (Å²) < 4.78 is 174. The van der Waals surface area contributed by atoms with E-state index >= 15 is 8.78 Å². The zero-order chi connectivity index (χ0) is 52.8. The smallest absolute Gasteiger partial charge is 0.390 e. The van der Waals surface area contributed by atoms with Gasteiger partial charge in [0.25, 0.3) is 0 Å². The molecule has 2 saturated carbocycles. The number of nitrogens with two attached hydrogens (primary N) is 1. The first kappa shape index (κ1) is 54.2. The molecule has 0 bridgehead atoms. The molecule has 2 heterocycles. The maximum Gasteiger partial charge on any atom is 0.396 e. The van der Waals surface area contributed by atoms with Crippen LogP contribution in [0.15, 0.2) is 61.1 Å². The largest absolute Gasteiger partial charge is 0.396 e. The second-order valence-corrected chi connectivity index (χ2v) is 18.9. The third-order valence-electron chi connectivity index (χ3n) is 13.1. The molecule has 0 aliphatic heterocycles. The number of carbonyl (C=O) groups is 4. The Balaban J connectivity index is 1.40. The molecular weight excluding hydrogens is 975 g/mol. The van der Waals surface area contributed by atoms with Crippen molar-refractivity contribution < 1.29 is 77.0 Å². The molecule has 0 saturated heterocycles. The van der Waals surface area contributed by atoms with Gasteiger partial charge < -0.3 is 21.5 Å². The maximum atomic E-state index is 16.0. The van der Waals surface area contributed by atoms with Crippen LogP contribution in [0, 0.1) is 39.7 Å². The number of nitrogens with one attached hydrogen (secondary N) is 3. The van der Waals surface area contributed by atoms with Crippen LogP contribution in [0.3, 0.4) is 0 Å². The molecule has 4 atom stereocenters. The summed E-state index contributed by atoms with van der Waals surface area (Å²) in [5.41, 5.74) is -1.22. The van der Waals surface area contributed by atoms with Crippen molar-refractivity contribution in [3.8, 4) is 22.4 Å². The highest BCUT2D eigenvalue weighted by Crippen LogP contribution is 2.61. The molecule has 0 spiro atoms. The molecule has 4 aromatic rings. The molecule has 2 aromatic carbocycles. The number of alkyl halides is 10. The van der Waals surface area contributed by atoms with Gasteiger partial charge in [0.15, 0.2) is 0 Å². The quantitative estimate of drug-likeness (QED) is 0.0423. The summed E-state index contributed by atoms with van der Waals surface area (Å²) in [6, 6.07) is 3.80. The second-order valence-electron chi connectivity index (χ2n) is 18.9. The minimum Gasteiger partial charge on any atom is -0.390 e. The SMILES string of the molecule is CC(C)([C@H](NC(=O)C1CC1)C(=O)N[C@@H](Cc1ccc(-c2cnn(C(F)F)c2)cc1)[C@@H](O)CN(Cc1c(F)cc(-c2ccn(C(F)F)n2)cc1F)NC(=O)[C@@H](C1(C(N)=O)CC1)C(C)(C)C(F)(F)F)C(F)(F)F. The van der Waals surface area contributed by atoms with Gasteiger partial charge in [0.2, 0.25) is 23.6 Å². The number of aliphatic hydroxyl groups excluding tert-OH is 1. The van der Waals surface area contributed by atoms with Gasteiger partial charge in [-0.05, 0) is 75.3 Å². The second kappa shape index (κ2) is 20.1. The van der Waals surface area contributed by atoms with Crippen LogP contribution in [0.25, 0.3) is 22.4 Å². The Labute approximate surface area is 397 Å². The predicted octanol–water partition coefficient (Wildman–Crippen LogP) is 7.36. The molecule has 6 N–H and O–H groups in total. The first-order chi connectivity index (χ1) is 32.9. The average Bonchev–Trinajstić information content (AvgIpc) is 4.16. The molecule has 388 valence electrons. The van der Waals surface area contributed by atoms with Gasteiger partial charge in [-0.15, -0.1) is 0 Å². The third kappa shape index (κ3) is 11.8. The number of primary amides is 1. The summed E-state index contributed by atoms with van der Waals surface area (Å²) in [5.74, 6) is -11.0. The van der Waals surface area contributed by atoms with Gasteiger partial charge >= 0.3 is 25.5 Å². The number of hydrogen-bond acceptors (Lipinski definition) is 8. The highest BCUT2D eigenvalue weighted by molar-refractivity contribution is 5.92. The third-order valence-corrected chi connectivity index (χ3v) is 13.1. The Kier molecular flexibility index (Phi) is 15.4. The van der Waals surface area contributed by atoms with Gasteiger partial charge in [-0.25, -0.2) is 23.2 Å². The minimum atomic E-state index is -5.18. The number of hydrogen-bond donors (Lipinski definition) is 5. The van der Waals surface area contributed by atoms with Crippen molar-refractivity contribution in [3.05, 3.63) is 83.8 Å². The van der Waals surface area contributed by atoms with E-state index in [1.54, 1.807) is 0 Å². The molecule has 26 heteroatoms. The zero-order valence-electron chi connectivity index (χ0n) is 38.2. The lowest BCUT2D eigenvalue weighted by atomic mass is 9.68. The number of aromatic nitrogens is 4. The van der Waals surface area contributed by atoms with Crippen LogP contribution >= 0.6 is 0 Å². The van der Waals surface area contributed by atoms with Crippen LogP contribution in [0.4, 0.5) is 52.7 Å². The normalized spacial score (nSPS) is 17.0. The van der Waals surface area contributed by atoms with Gasteiger partial charge in [0, 0.05) is 48.1 Å². The topological polar surface area (TPSA) is 190 Å². The van der Waals surface area contributed by atoms with Gasteiger partial charge in [-0.1, -0.05) is 38.1 Å². The molecule has 0 unspecified atom stereocenters. The van der Waals surface area contributed by atoms with Gasteiger partial charge in [-0.3, -0.25) is 24.6 Å². The Morgan fingerprint density at radius 2 is 1.39 bits per heavy atom. The summed E-state index contributed by atoms with van der Waals surface area (Å²) in [4.78, 5) is 54.1. The summed E-state index contributed by atoms with van der Waals surface area (Å²) in [7, 11) is 0. The Bertz CT molecular complexity index is 2570. The van der Waals surface area contributed by atoms with Crippen molar-refractivity contribution in [2.75, 3.05) is 6.54 Å². The van der Waals surface area contributed by atoms with E-state index in [0.29, 0.717) is 67.9 Å². The molecule has 14 nitrogen and oxygen atoms in total. The van der Waals surface area contributed by atoms with Gasteiger partial charge in [0.1, 0.15) is 17.7 Å². The molecule has 4 amide bonds. The summed E-state index contributed by atoms with van der Waals surface area (Å²) in [5, 5.41) is 24.2. The minimum absolute atomic E-state index is 0.192. The Morgan fingerprint density at radius 1 is 0.817 bits per heavy atom. The first-order valence-electron chi connectivity index (χ1n) is 21.9. The van der Waals surface area contributed by atoms with Crippen molar-refractivity contribution >= 4 is 23.6 Å². The lowest BCUT2D eigenvalue weighted by Gasteiger charge is -2.40. The lowest BCUT2D eigenvalue weighted by Crippen LogP contribution is -2.63. The molecule has 71 heavy (non-hydrogen) atoms. The number of nitrogens with zero attached hydrogens (tertiary/aromatic N) is 5. The van der Waals surface area contributed by atoms with Crippen LogP contribution in [0.2, 0.25) is 0 Å². The van der Waals surface area contributed by atoms with Crippen molar-refractivity contribution in [2.24, 2.45) is 33.8 Å². The standard InChI is InChI=1S/C45H49F12N9O5/c1-41(2,44(52,53)54)33(43(12-13-43)38(58)71)36(69)63-64(20-27-28(46)16-25(17-29(27)47)30-11-14-65(62-30)39(48)49)21-32(67)31(15-22-5-7-23(8-6-22)26-18-59-66(19-26)40(50)51)60-37(70)34(42(3,4)45(55,56)57)61-35(68)24-9-10-24/h5-8,11,14,16-19,24,31-34,39-40,67H,9-10,12-13,15,20-21H2,1-4H3,(H2,58,71)(H,60,70)(H,61,68)(H,63,69)/t31-,32-,33+,34+/m0/s1. The lowest BCUT2D eigenvalue weighted by molar-refractivity contribution is -0.236. The van der Waals surface area contributed by atoms with Crippen LogP contribution in [-0.2, 0) is 32.1 Å². The number of halogens is 12. The van der Waals surface area contributed by atoms with Crippen LogP contribution in [-0.4, -0.2) is 90.4 Å². The van der Waals surface area contributed by atoms with E-state index < -0.39 is 132 Å². The van der Waals surface area contributed by atoms with Crippen LogP contribution < -0.4 is 21.8 Å². The number of rotatable bonds is 21. The van der Waals surface area contributed by atoms with Crippen molar-refractivity contribution in [1.29, 1.82) is 0 Å². The molecule has 2 fully saturated rings. The molecule has 2 aliphatic carbocycles. The zero-order valence-corrected chi connectivity index (χ0v) is 38.2. The number of amides is 4. The van der Waals surface area contributed by atoms with Gasteiger partial charge in [-0.2, -0.15) is 54.1 Å². The highest BCUT2D eigenvalue weighted by atomic mass is 19.4. The Hall–Kier alpha value is -6.18. The van der Waals surface area contributed by atoms with E-state index in [4.69, 9.17) is 5.73 Å². The van der Waals surface area contributed by atoms with Gasteiger partial charge in [0.05, 0.1) is 46.2 Å². The summed E-state index contributed by atoms with van der Waals surface area (Å²) in [6.45, 7) is -5.83. The van der Waals surface area contributed by atoms with E-state index in [0.717, 1.165) is 24.7 Å². The Morgan fingerprint density at radius 3 is 1.87 bits per heavy atom. The van der Waals surface area contributed by atoms with Crippen molar-refractivity contribution in [1.82, 2.24) is 40.6 Å². The fourth-order valence-electron chi connectivity index (χ4n) is 8.24. The van der Waals surface area contributed by atoms with E-state index in [-0.39, 0.29) is 39.9 Å². The summed E-state index contributed by atoms with van der Waals surface area (Å²) in [6.07, 6.45) is -9.91. The highest BCUT2D eigenvalue weighted by Gasteiger charge is 2.68. The van der Waals surface area contributed by atoms with E-state index in [1.165, 1.54) is 24.3 Å². The van der Waals surface area contributed by atoms with Crippen molar-refractivity contribution in [2.45, 2.75) is 110 Å². The predicted molar refractivity (Wildman–Crippen MR) is 227 cm³/mol. The molecule has 6 rings (SSSR count). The number of aliphatic hydroxyl groups is 1.